The third kappa shape index (κ3) is 2.38. The fraction of sp³-hybridized carbons (Fsp3) is 0.150. The molecule has 2 aromatic heterocycles. The monoisotopic (exact) mass is 370 g/mol. The van der Waals surface area contributed by atoms with Crippen LogP contribution < -0.4 is 5.56 Å². The van der Waals surface area contributed by atoms with Crippen LogP contribution in [-0.2, 0) is 14.1 Å². The Kier molecular flexibility index (Phi) is 3.67. The fourth-order valence-electron chi connectivity index (χ4n) is 3.51. The summed E-state index contributed by atoms with van der Waals surface area (Å²) in [6.07, 6.45) is 0. The van der Waals surface area contributed by atoms with Gasteiger partial charge < -0.3 is 4.57 Å². The third-order valence-electron chi connectivity index (χ3n) is 4.72. The van der Waals surface area contributed by atoms with Crippen LogP contribution in [0.3, 0.4) is 0 Å². The highest BCUT2D eigenvalue weighted by atomic mass is 35.5. The minimum Gasteiger partial charge on any atom is -0.330 e. The van der Waals surface area contributed by atoms with Gasteiger partial charge in [0.1, 0.15) is 5.65 Å². The molecule has 5 heteroatoms. The van der Waals surface area contributed by atoms with Gasteiger partial charge in [0.05, 0.1) is 10.5 Å². The Bertz CT molecular complexity index is 1220. The summed E-state index contributed by atoms with van der Waals surface area (Å²) < 4.78 is 3.74. The molecule has 0 bridgehead atoms. The van der Waals surface area contributed by atoms with E-state index in [1.54, 1.807) is 29.8 Å². The summed E-state index contributed by atoms with van der Waals surface area (Å²) in [7, 11) is 3.78. The van der Waals surface area contributed by atoms with Gasteiger partial charge in [0.15, 0.2) is 0 Å². The number of rotatable bonds is 1. The summed E-state index contributed by atoms with van der Waals surface area (Å²) in [6, 6.07) is 13.5. The van der Waals surface area contributed by atoms with E-state index in [1.807, 2.05) is 13.1 Å². The van der Waals surface area contributed by atoms with Crippen LogP contribution in [0.5, 0.6) is 0 Å². The largest absolute Gasteiger partial charge is 0.330 e. The van der Waals surface area contributed by atoms with E-state index in [0.29, 0.717) is 21.2 Å². The Morgan fingerprint density at radius 2 is 1.60 bits per heavy atom. The molecular weight excluding hydrogens is 355 g/mol. The van der Waals surface area contributed by atoms with Gasteiger partial charge in [-0.15, -0.1) is 0 Å². The molecule has 4 rings (SSSR count). The number of fused-ring (bicyclic) bond motifs is 3. The molecule has 0 aliphatic heterocycles. The maximum atomic E-state index is 13.0. The Labute approximate surface area is 155 Å². The topological polar surface area (TPSA) is 26.9 Å². The molecule has 0 amide bonds. The van der Waals surface area contributed by atoms with Crippen LogP contribution in [0.1, 0.15) is 5.56 Å². The third-order valence-corrected chi connectivity index (χ3v) is 5.27. The zero-order valence-electron chi connectivity index (χ0n) is 14.1. The molecule has 0 atom stereocenters. The predicted octanol–water partition coefficient (Wildman–Crippen LogP) is 5.31. The minimum atomic E-state index is -0.0839. The van der Waals surface area contributed by atoms with E-state index in [-0.39, 0.29) is 5.56 Å². The number of nitrogens with zero attached hydrogens (tertiary/aromatic N) is 2. The molecule has 0 aliphatic carbocycles. The van der Waals surface area contributed by atoms with Crippen molar-refractivity contribution in [1.82, 2.24) is 9.13 Å². The maximum Gasteiger partial charge on any atom is 0.259 e. The molecular formula is C20H16Cl2N2O. The summed E-state index contributed by atoms with van der Waals surface area (Å²) in [5, 5.41) is 3.18. The molecule has 0 fully saturated rings. The maximum absolute atomic E-state index is 13.0. The van der Waals surface area contributed by atoms with E-state index in [1.165, 1.54) is 5.56 Å². The van der Waals surface area contributed by atoms with Crippen LogP contribution in [0.25, 0.3) is 33.1 Å². The smallest absolute Gasteiger partial charge is 0.259 e. The summed E-state index contributed by atoms with van der Waals surface area (Å²) in [5.41, 5.74) is 4.34. The van der Waals surface area contributed by atoms with Crippen molar-refractivity contribution in [1.29, 1.82) is 0 Å². The SMILES string of the molecule is Cc1ccc2c(c1)c1cc(-c3ccc(Cl)cc3Cl)c(=O)n(C)c1n2C. The highest BCUT2D eigenvalue weighted by molar-refractivity contribution is 6.36. The Morgan fingerprint density at radius 1 is 0.840 bits per heavy atom. The molecule has 0 saturated carbocycles. The summed E-state index contributed by atoms with van der Waals surface area (Å²) in [4.78, 5) is 13.0. The molecule has 25 heavy (non-hydrogen) atoms. The molecule has 0 radical (unpaired) electrons. The van der Waals surface area contributed by atoms with Gasteiger partial charge in [-0.25, -0.2) is 0 Å². The standard InChI is InChI=1S/C20H16Cl2N2O/c1-11-4-7-18-14(8-11)15-10-16(13-6-5-12(21)9-17(13)22)20(25)24(3)19(15)23(18)2/h4-10H,1-3H3. The Balaban J connectivity index is 2.18. The van der Waals surface area contributed by atoms with Crippen LogP contribution in [0.4, 0.5) is 0 Å². The molecule has 2 heterocycles. The van der Waals surface area contributed by atoms with E-state index in [4.69, 9.17) is 23.2 Å². The highest BCUT2D eigenvalue weighted by Gasteiger charge is 2.17. The molecule has 0 saturated heterocycles. The Morgan fingerprint density at radius 3 is 2.32 bits per heavy atom. The molecule has 0 N–H and O–H groups in total. The molecule has 3 nitrogen and oxygen atoms in total. The number of aryl methyl sites for hydroxylation is 3. The molecule has 126 valence electrons. The van der Waals surface area contributed by atoms with E-state index >= 15 is 0 Å². The van der Waals surface area contributed by atoms with Crippen molar-refractivity contribution in [2.24, 2.45) is 14.1 Å². The first kappa shape index (κ1) is 16.2. The van der Waals surface area contributed by atoms with Crippen LogP contribution in [0, 0.1) is 6.92 Å². The zero-order valence-corrected chi connectivity index (χ0v) is 15.6. The minimum absolute atomic E-state index is 0.0839. The highest BCUT2D eigenvalue weighted by Crippen LogP contribution is 2.33. The Hall–Kier alpha value is -2.23. The quantitative estimate of drug-likeness (QED) is 0.445. The van der Waals surface area contributed by atoms with Crippen molar-refractivity contribution < 1.29 is 0 Å². The fourth-order valence-corrected chi connectivity index (χ4v) is 4.02. The second-order valence-corrected chi connectivity index (χ2v) is 7.21. The van der Waals surface area contributed by atoms with Gasteiger partial charge in [-0.05, 0) is 37.3 Å². The van der Waals surface area contributed by atoms with Gasteiger partial charge in [0, 0.05) is 41.0 Å². The van der Waals surface area contributed by atoms with E-state index in [2.05, 4.69) is 29.7 Å². The summed E-state index contributed by atoms with van der Waals surface area (Å²) in [5.74, 6) is 0. The van der Waals surface area contributed by atoms with Crippen molar-refractivity contribution in [2.75, 3.05) is 0 Å². The normalized spacial score (nSPS) is 11.6. The van der Waals surface area contributed by atoms with Gasteiger partial charge in [-0.3, -0.25) is 9.36 Å². The lowest BCUT2D eigenvalue weighted by Crippen LogP contribution is -2.20. The van der Waals surface area contributed by atoms with Crippen molar-refractivity contribution in [3.63, 3.8) is 0 Å². The van der Waals surface area contributed by atoms with Gasteiger partial charge in [0.2, 0.25) is 0 Å². The number of hydrogen-bond donors (Lipinski definition) is 0. The van der Waals surface area contributed by atoms with Crippen molar-refractivity contribution in [2.45, 2.75) is 6.92 Å². The number of benzene rings is 2. The second-order valence-electron chi connectivity index (χ2n) is 6.36. The number of hydrogen-bond acceptors (Lipinski definition) is 1. The van der Waals surface area contributed by atoms with Gasteiger partial charge >= 0.3 is 0 Å². The van der Waals surface area contributed by atoms with Crippen LogP contribution in [0.2, 0.25) is 10.0 Å². The average Bonchev–Trinajstić information content (AvgIpc) is 2.83. The van der Waals surface area contributed by atoms with E-state index < -0.39 is 0 Å². The van der Waals surface area contributed by atoms with Crippen LogP contribution in [0.15, 0.2) is 47.3 Å². The summed E-state index contributed by atoms with van der Waals surface area (Å²) >= 11 is 12.3. The van der Waals surface area contributed by atoms with Crippen LogP contribution >= 0.6 is 23.2 Å². The number of aromatic nitrogens is 2. The summed E-state index contributed by atoms with van der Waals surface area (Å²) in [6.45, 7) is 2.07. The van der Waals surface area contributed by atoms with Gasteiger partial charge in [-0.1, -0.05) is 40.9 Å². The first-order valence-electron chi connectivity index (χ1n) is 7.92. The van der Waals surface area contributed by atoms with E-state index in [9.17, 15) is 4.79 Å². The van der Waals surface area contributed by atoms with E-state index in [0.717, 1.165) is 21.9 Å². The first-order valence-corrected chi connectivity index (χ1v) is 8.68. The molecule has 0 spiro atoms. The van der Waals surface area contributed by atoms with Crippen molar-refractivity contribution in [3.8, 4) is 11.1 Å². The van der Waals surface area contributed by atoms with Crippen molar-refractivity contribution in [3.05, 3.63) is 68.4 Å². The zero-order chi connectivity index (χ0) is 17.9. The van der Waals surface area contributed by atoms with Gasteiger partial charge in [0.25, 0.3) is 5.56 Å². The lowest BCUT2D eigenvalue weighted by Gasteiger charge is -2.09. The average molecular weight is 371 g/mol. The first-order chi connectivity index (χ1) is 11.9. The molecule has 2 aromatic carbocycles. The van der Waals surface area contributed by atoms with Crippen molar-refractivity contribution >= 4 is 45.1 Å². The second kappa shape index (κ2) is 5.65. The molecule has 0 aliphatic rings. The van der Waals surface area contributed by atoms with Gasteiger partial charge in [-0.2, -0.15) is 0 Å². The lowest BCUT2D eigenvalue weighted by molar-refractivity contribution is 0.846. The predicted molar refractivity (Wildman–Crippen MR) is 106 cm³/mol. The van der Waals surface area contributed by atoms with Crippen LogP contribution in [-0.4, -0.2) is 9.13 Å². The molecule has 4 aromatic rings. The molecule has 0 unspecified atom stereocenters. The lowest BCUT2D eigenvalue weighted by atomic mass is 10.0. The number of pyridine rings is 1. The number of halogens is 2.